The molecule has 3 rings (SSSR count). The summed E-state index contributed by atoms with van der Waals surface area (Å²) in [6.07, 6.45) is 8.34. The normalized spacial score (nSPS) is 16.0. The van der Waals surface area contributed by atoms with E-state index >= 15 is 0 Å². The maximum atomic E-state index is 6.13. The first-order valence-electron chi connectivity index (χ1n) is 8.29. The zero-order chi connectivity index (χ0) is 14.8. The second kappa shape index (κ2) is 6.08. The van der Waals surface area contributed by atoms with Crippen molar-refractivity contribution < 1.29 is 4.74 Å². The summed E-state index contributed by atoms with van der Waals surface area (Å²) >= 11 is 0. The number of fused-ring (bicyclic) bond motifs is 1. The lowest BCUT2D eigenvalue weighted by molar-refractivity contribution is 0.245. The van der Waals surface area contributed by atoms with Gasteiger partial charge in [-0.25, -0.2) is 4.98 Å². The summed E-state index contributed by atoms with van der Waals surface area (Å²) < 4.78 is 8.50. The van der Waals surface area contributed by atoms with Crippen LogP contribution in [0.15, 0.2) is 12.3 Å². The summed E-state index contributed by atoms with van der Waals surface area (Å²) in [6.45, 7) is 8.47. The molecule has 3 nitrogen and oxygen atoms in total. The van der Waals surface area contributed by atoms with E-state index in [1.807, 2.05) is 6.20 Å². The predicted octanol–water partition coefficient (Wildman–Crippen LogP) is 4.63. The van der Waals surface area contributed by atoms with Gasteiger partial charge in [0.25, 0.3) is 0 Å². The molecule has 0 bridgehead atoms. The standard InChI is InChI=1S/C18H26N2O/c1-4-11-20-14(3)13(2)16-9-10-19-18(17(16)20)21-12-15-7-5-6-8-15/h9-10,15H,4-8,11-12H2,1-3H3. The molecule has 0 amide bonds. The number of nitrogens with zero attached hydrogens (tertiary/aromatic N) is 2. The molecule has 0 aliphatic heterocycles. The van der Waals surface area contributed by atoms with Crippen LogP contribution in [-0.4, -0.2) is 16.2 Å². The molecule has 2 heterocycles. The second-order valence-electron chi connectivity index (χ2n) is 6.34. The van der Waals surface area contributed by atoms with Crippen LogP contribution in [0, 0.1) is 19.8 Å². The van der Waals surface area contributed by atoms with Gasteiger partial charge in [0.05, 0.1) is 6.61 Å². The van der Waals surface area contributed by atoms with Crippen LogP contribution >= 0.6 is 0 Å². The number of hydrogen-bond donors (Lipinski definition) is 0. The van der Waals surface area contributed by atoms with Gasteiger partial charge in [-0.1, -0.05) is 19.8 Å². The van der Waals surface area contributed by atoms with Crippen molar-refractivity contribution in [3.63, 3.8) is 0 Å². The van der Waals surface area contributed by atoms with E-state index in [1.54, 1.807) is 0 Å². The van der Waals surface area contributed by atoms with Gasteiger partial charge < -0.3 is 9.30 Å². The van der Waals surface area contributed by atoms with E-state index in [0.717, 1.165) is 31.4 Å². The Morgan fingerprint density at radius 1 is 1.29 bits per heavy atom. The van der Waals surface area contributed by atoms with Crippen molar-refractivity contribution >= 4 is 10.9 Å². The molecule has 0 N–H and O–H groups in total. The molecule has 21 heavy (non-hydrogen) atoms. The van der Waals surface area contributed by atoms with Crippen LogP contribution in [-0.2, 0) is 6.54 Å². The maximum absolute atomic E-state index is 6.13. The van der Waals surface area contributed by atoms with Crippen molar-refractivity contribution in [2.24, 2.45) is 5.92 Å². The van der Waals surface area contributed by atoms with Gasteiger partial charge in [0.15, 0.2) is 0 Å². The molecular weight excluding hydrogens is 260 g/mol. The van der Waals surface area contributed by atoms with Crippen LogP contribution in [0.25, 0.3) is 10.9 Å². The van der Waals surface area contributed by atoms with Gasteiger partial charge in [0.2, 0.25) is 5.88 Å². The molecule has 3 heteroatoms. The highest BCUT2D eigenvalue weighted by Gasteiger charge is 2.19. The van der Waals surface area contributed by atoms with E-state index in [9.17, 15) is 0 Å². The van der Waals surface area contributed by atoms with Gasteiger partial charge in [-0.05, 0) is 50.7 Å². The van der Waals surface area contributed by atoms with E-state index in [2.05, 4.69) is 36.4 Å². The average Bonchev–Trinajstić information content (AvgIpc) is 3.09. The van der Waals surface area contributed by atoms with Gasteiger partial charge >= 0.3 is 0 Å². The van der Waals surface area contributed by atoms with Crippen molar-refractivity contribution in [2.75, 3.05) is 6.61 Å². The predicted molar refractivity (Wildman–Crippen MR) is 87.0 cm³/mol. The first kappa shape index (κ1) is 14.4. The van der Waals surface area contributed by atoms with Gasteiger partial charge in [0, 0.05) is 23.8 Å². The third-order valence-electron chi connectivity index (χ3n) is 4.89. The van der Waals surface area contributed by atoms with Gasteiger partial charge in [0.1, 0.15) is 5.52 Å². The van der Waals surface area contributed by atoms with Crippen LogP contribution in [0.1, 0.15) is 50.3 Å². The summed E-state index contributed by atoms with van der Waals surface area (Å²) in [5, 5.41) is 1.29. The van der Waals surface area contributed by atoms with Crippen molar-refractivity contribution in [1.82, 2.24) is 9.55 Å². The summed E-state index contributed by atoms with van der Waals surface area (Å²) in [5.41, 5.74) is 3.88. The van der Waals surface area contributed by atoms with Gasteiger partial charge in [-0.2, -0.15) is 0 Å². The molecular formula is C18H26N2O. The topological polar surface area (TPSA) is 27.1 Å². The number of aryl methyl sites for hydroxylation is 2. The van der Waals surface area contributed by atoms with Gasteiger partial charge in [-0.3, -0.25) is 0 Å². The molecule has 0 spiro atoms. The van der Waals surface area contributed by atoms with Crippen LogP contribution < -0.4 is 4.74 Å². The minimum absolute atomic E-state index is 0.721. The van der Waals surface area contributed by atoms with E-state index in [1.165, 1.54) is 47.8 Å². The maximum Gasteiger partial charge on any atom is 0.238 e. The Bertz CT molecular complexity index is 624. The molecule has 1 aliphatic carbocycles. The van der Waals surface area contributed by atoms with Crippen LogP contribution in [0.5, 0.6) is 5.88 Å². The lowest BCUT2D eigenvalue weighted by atomic mass is 10.1. The van der Waals surface area contributed by atoms with Crippen molar-refractivity contribution in [3.8, 4) is 5.88 Å². The lowest BCUT2D eigenvalue weighted by Crippen LogP contribution is -2.10. The summed E-state index contributed by atoms with van der Waals surface area (Å²) in [5.74, 6) is 1.54. The van der Waals surface area contributed by atoms with E-state index in [4.69, 9.17) is 4.74 Å². The molecule has 0 atom stereocenters. The molecule has 1 aliphatic rings. The first-order valence-corrected chi connectivity index (χ1v) is 8.29. The fraction of sp³-hybridized carbons (Fsp3) is 0.611. The highest BCUT2D eigenvalue weighted by Crippen LogP contribution is 2.32. The Morgan fingerprint density at radius 2 is 2.05 bits per heavy atom. The fourth-order valence-corrected chi connectivity index (χ4v) is 3.55. The lowest BCUT2D eigenvalue weighted by Gasteiger charge is -2.13. The number of aromatic nitrogens is 2. The number of hydrogen-bond acceptors (Lipinski definition) is 2. The summed E-state index contributed by atoms with van der Waals surface area (Å²) in [6, 6.07) is 2.12. The molecule has 0 radical (unpaired) electrons. The van der Waals surface area contributed by atoms with E-state index < -0.39 is 0 Å². The van der Waals surface area contributed by atoms with E-state index in [0.29, 0.717) is 0 Å². The fourth-order valence-electron chi connectivity index (χ4n) is 3.55. The Kier molecular flexibility index (Phi) is 4.18. The molecule has 114 valence electrons. The molecule has 1 fully saturated rings. The van der Waals surface area contributed by atoms with Crippen molar-refractivity contribution in [3.05, 3.63) is 23.5 Å². The zero-order valence-corrected chi connectivity index (χ0v) is 13.5. The average molecular weight is 286 g/mol. The molecule has 1 saturated carbocycles. The summed E-state index contributed by atoms with van der Waals surface area (Å²) in [4.78, 5) is 4.52. The van der Waals surface area contributed by atoms with Crippen LogP contribution in [0.2, 0.25) is 0 Å². The number of ether oxygens (including phenoxy) is 1. The van der Waals surface area contributed by atoms with Gasteiger partial charge in [-0.15, -0.1) is 0 Å². The molecule has 0 unspecified atom stereocenters. The van der Waals surface area contributed by atoms with Crippen molar-refractivity contribution in [2.45, 2.75) is 59.4 Å². The van der Waals surface area contributed by atoms with Crippen molar-refractivity contribution in [1.29, 1.82) is 0 Å². The molecule has 2 aromatic rings. The monoisotopic (exact) mass is 286 g/mol. The number of rotatable bonds is 5. The second-order valence-corrected chi connectivity index (χ2v) is 6.34. The van der Waals surface area contributed by atoms with E-state index in [-0.39, 0.29) is 0 Å². The van der Waals surface area contributed by atoms with Crippen LogP contribution in [0.3, 0.4) is 0 Å². The molecule has 0 saturated heterocycles. The minimum atomic E-state index is 0.721. The Morgan fingerprint density at radius 3 is 2.76 bits per heavy atom. The Hall–Kier alpha value is -1.51. The zero-order valence-electron chi connectivity index (χ0n) is 13.5. The molecule has 0 aromatic carbocycles. The quantitative estimate of drug-likeness (QED) is 0.801. The largest absolute Gasteiger partial charge is 0.476 e. The highest BCUT2D eigenvalue weighted by atomic mass is 16.5. The van der Waals surface area contributed by atoms with Crippen LogP contribution in [0.4, 0.5) is 0 Å². The third kappa shape index (κ3) is 2.66. The Balaban J connectivity index is 1.95. The number of pyridine rings is 1. The minimum Gasteiger partial charge on any atom is -0.476 e. The summed E-state index contributed by atoms with van der Waals surface area (Å²) in [7, 11) is 0. The Labute approximate surface area is 127 Å². The third-order valence-corrected chi connectivity index (χ3v) is 4.89. The highest BCUT2D eigenvalue weighted by molar-refractivity contribution is 5.88. The SMILES string of the molecule is CCCn1c(C)c(C)c2ccnc(OCC3CCCC3)c21. The molecule has 2 aromatic heterocycles. The smallest absolute Gasteiger partial charge is 0.238 e. The first-order chi connectivity index (χ1) is 10.2.